The summed E-state index contributed by atoms with van der Waals surface area (Å²) in [6.07, 6.45) is -1.91. The first kappa shape index (κ1) is 16.3. The van der Waals surface area contributed by atoms with Crippen molar-refractivity contribution in [1.82, 2.24) is 0 Å². The number of para-hydroxylation sites is 1. The molecular formula is C14H18F3NO2. The second-order valence-corrected chi connectivity index (χ2v) is 4.69. The summed E-state index contributed by atoms with van der Waals surface area (Å²) >= 11 is 0. The molecule has 20 heavy (non-hydrogen) atoms. The molecule has 0 aliphatic rings. The molecule has 3 N–H and O–H groups in total. The number of unbranched alkanes of at least 4 members (excludes halogenated alkanes) is 2. The number of nitrogen functional groups attached to an aromatic ring is 1. The zero-order chi connectivity index (χ0) is 15.3. The molecule has 1 unspecified atom stereocenters. The third kappa shape index (κ3) is 3.88. The van der Waals surface area contributed by atoms with Crippen LogP contribution in [0.4, 0.5) is 18.9 Å². The smallest absolute Gasteiger partial charge is 0.418 e. The van der Waals surface area contributed by atoms with Crippen molar-refractivity contribution < 1.29 is 23.1 Å². The van der Waals surface area contributed by atoms with Gasteiger partial charge in [0, 0.05) is 5.69 Å². The van der Waals surface area contributed by atoms with Crippen molar-refractivity contribution in [1.29, 1.82) is 0 Å². The van der Waals surface area contributed by atoms with Crippen molar-refractivity contribution in [3.05, 3.63) is 29.3 Å². The Balaban J connectivity index is 3.11. The van der Waals surface area contributed by atoms with Gasteiger partial charge in [0.2, 0.25) is 0 Å². The zero-order valence-corrected chi connectivity index (χ0v) is 11.2. The summed E-state index contributed by atoms with van der Waals surface area (Å²) < 4.78 is 38.3. The van der Waals surface area contributed by atoms with E-state index in [9.17, 15) is 23.1 Å². The highest BCUT2D eigenvalue weighted by Gasteiger charge is 2.35. The van der Waals surface area contributed by atoms with Gasteiger partial charge in [-0.05, 0) is 18.1 Å². The average Bonchev–Trinajstić information content (AvgIpc) is 2.34. The van der Waals surface area contributed by atoms with E-state index in [4.69, 9.17) is 5.73 Å². The Labute approximate surface area is 115 Å². The Morgan fingerprint density at radius 2 is 2.00 bits per heavy atom. The Kier molecular flexibility index (Phi) is 5.42. The lowest BCUT2D eigenvalue weighted by Gasteiger charge is -2.18. The Hall–Kier alpha value is -1.72. The van der Waals surface area contributed by atoms with Gasteiger partial charge in [0.25, 0.3) is 0 Å². The van der Waals surface area contributed by atoms with E-state index in [0.717, 1.165) is 18.9 Å². The number of anilines is 1. The molecule has 0 aromatic heterocycles. The van der Waals surface area contributed by atoms with Gasteiger partial charge in [-0.15, -0.1) is 0 Å². The summed E-state index contributed by atoms with van der Waals surface area (Å²) in [5, 5.41) is 9.21. The SMILES string of the molecule is CCCCCC(C(=O)O)c1cccc(C(F)(F)F)c1N. The number of hydrogen-bond acceptors (Lipinski definition) is 2. The minimum Gasteiger partial charge on any atom is -0.481 e. The Morgan fingerprint density at radius 1 is 1.35 bits per heavy atom. The number of halogens is 3. The highest BCUT2D eigenvalue weighted by atomic mass is 19.4. The number of carboxylic acids is 1. The topological polar surface area (TPSA) is 63.3 Å². The van der Waals surface area contributed by atoms with E-state index in [1.54, 1.807) is 0 Å². The summed E-state index contributed by atoms with van der Waals surface area (Å²) in [6.45, 7) is 1.97. The molecule has 0 heterocycles. The summed E-state index contributed by atoms with van der Waals surface area (Å²) in [7, 11) is 0. The Morgan fingerprint density at radius 3 is 2.50 bits per heavy atom. The summed E-state index contributed by atoms with van der Waals surface area (Å²) in [4.78, 5) is 11.3. The van der Waals surface area contributed by atoms with Crippen molar-refractivity contribution in [3.63, 3.8) is 0 Å². The van der Waals surface area contributed by atoms with E-state index in [-0.39, 0.29) is 12.0 Å². The molecule has 0 aliphatic carbocycles. The first-order valence-corrected chi connectivity index (χ1v) is 6.47. The van der Waals surface area contributed by atoms with Gasteiger partial charge >= 0.3 is 12.1 Å². The van der Waals surface area contributed by atoms with Crippen molar-refractivity contribution in [2.75, 3.05) is 5.73 Å². The molecule has 1 rings (SSSR count). The van der Waals surface area contributed by atoms with Crippen LogP contribution >= 0.6 is 0 Å². The van der Waals surface area contributed by atoms with Crippen molar-refractivity contribution >= 4 is 11.7 Å². The van der Waals surface area contributed by atoms with Gasteiger partial charge in [0.1, 0.15) is 0 Å². The minimum absolute atomic E-state index is 0.0448. The lowest BCUT2D eigenvalue weighted by Crippen LogP contribution is -2.17. The van der Waals surface area contributed by atoms with E-state index >= 15 is 0 Å². The number of alkyl halides is 3. The molecular weight excluding hydrogens is 271 g/mol. The first-order chi connectivity index (χ1) is 9.29. The molecule has 0 aliphatic heterocycles. The third-order valence-electron chi connectivity index (χ3n) is 3.22. The highest BCUT2D eigenvalue weighted by molar-refractivity contribution is 5.79. The van der Waals surface area contributed by atoms with Gasteiger partial charge in [-0.3, -0.25) is 4.79 Å². The number of benzene rings is 1. The lowest BCUT2D eigenvalue weighted by molar-refractivity contribution is -0.140. The predicted molar refractivity (Wildman–Crippen MR) is 70.4 cm³/mol. The minimum atomic E-state index is -4.58. The van der Waals surface area contributed by atoms with Crippen molar-refractivity contribution in [2.45, 2.75) is 44.7 Å². The van der Waals surface area contributed by atoms with Crippen LogP contribution in [0.1, 0.15) is 49.7 Å². The quantitative estimate of drug-likeness (QED) is 0.613. The average molecular weight is 289 g/mol. The maximum atomic E-state index is 12.8. The number of rotatable bonds is 6. The van der Waals surface area contributed by atoms with Crippen molar-refractivity contribution in [2.24, 2.45) is 0 Å². The maximum Gasteiger partial charge on any atom is 0.418 e. The van der Waals surface area contributed by atoms with Crippen LogP contribution in [0, 0.1) is 0 Å². The second kappa shape index (κ2) is 6.63. The van der Waals surface area contributed by atoms with Gasteiger partial charge in [0.05, 0.1) is 11.5 Å². The number of carbonyl (C=O) groups is 1. The normalized spacial score (nSPS) is 13.2. The maximum absolute atomic E-state index is 12.8. The molecule has 0 spiro atoms. The molecule has 0 amide bonds. The fourth-order valence-electron chi connectivity index (χ4n) is 2.14. The lowest BCUT2D eigenvalue weighted by atomic mass is 9.90. The van der Waals surface area contributed by atoms with E-state index in [1.807, 2.05) is 6.92 Å². The van der Waals surface area contributed by atoms with Gasteiger partial charge < -0.3 is 10.8 Å². The van der Waals surface area contributed by atoms with Gasteiger partial charge in [0.15, 0.2) is 0 Å². The first-order valence-electron chi connectivity index (χ1n) is 6.47. The van der Waals surface area contributed by atoms with E-state index in [2.05, 4.69) is 0 Å². The number of nitrogens with two attached hydrogens (primary N) is 1. The molecule has 0 fully saturated rings. The Bertz CT molecular complexity index is 472. The molecule has 1 aromatic carbocycles. The third-order valence-corrected chi connectivity index (χ3v) is 3.22. The fraction of sp³-hybridized carbons (Fsp3) is 0.500. The van der Waals surface area contributed by atoms with Crippen LogP contribution < -0.4 is 5.73 Å². The molecule has 0 radical (unpaired) electrons. The number of aliphatic carboxylic acids is 1. The highest BCUT2D eigenvalue weighted by Crippen LogP contribution is 2.38. The molecule has 0 bridgehead atoms. The van der Waals surface area contributed by atoms with Crippen LogP contribution in [0.3, 0.4) is 0 Å². The van der Waals surface area contributed by atoms with Crippen LogP contribution in [0.2, 0.25) is 0 Å². The summed E-state index contributed by atoms with van der Waals surface area (Å²) in [6, 6.07) is 3.42. The standard InChI is InChI=1S/C14H18F3NO2/c1-2-3-4-6-10(13(19)20)9-7-5-8-11(12(9)18)14(15,16)17/h5,7-8,10H,2-4,6,18H2,1H3,(H,19,20). The molecule has 6 heteroatoms. The molecule has 3 nitrogen and oxygen atoms in total. The van der Waals surface area contributed by atoms with E-state index < -0.39 is 29.3 Å². The molecule has 1 atom stereocenters. The molecule has 0 saturated heterocycles. The van der Waals surface area contributed by atoms with Gasteiger partial charge in [-0.25, -0.2) is 0 Å². The van der Waals surface area contributed by atoms with Crippen LogP contribution in [0.15, 0.2) is 18.2 Å². The van der Waals surface area contributed by atoms with Crippen LogP contribution in [-0.4, -0.2) is 11.1 Å². The van der Waals surface area contributed by atoms with Crippen LogP contribution in [0.25, 0.3) is 0 Å². The van der Waals surface area contributed by atoms with E-state index in [0.29, 0.717) is 6.42 Å². The van der Waals surface area contributed by atoms with Gasteiger partial charge in [-0.2, -0.15) is 13.2 Å². The fourth-order valence-corrected chi connectivity index (χ4v) is 2.14. The van der Waals surface area contributed by atoms with Crippen LogP contribution in [-0.2, 0) is 11.0 Å². The van der Waals surface area contributed by atoms with Crippen LogP contribution in [0.5, 0.6) is 0 Å². The molecule has 0 saturated carbocycles. The summed E-state index contributed by atoms with van der Waals surface area (Å²) in [5.41, 5.74) is 4.12. The summed E-state index contributed by atoms with van der Waals surface area (Å²) in [5.74, 6) is -2.14. The monoisotopic (exact) mass is 289 g/mol. The number of hydrogen-bond donors (Lipinski definition) is 2. The predicted octanol–water partition coefficient (Wildman–Crippen LogP) is 4.04. The molecule has 112 valence electrons. The van der Waals surface area contributed by atoms with E-state index in [1.165, 1.54) is 12.1 Å². The molecule has 1 aromatic rings. The number of carboxylic acid groups (broad SMARTS) is 1. The van der Waals surface area contributed by atoms with Gasteiger partial charge in [-0.1, -0.05) is 38.3 Å². The zero-order valence-electron chi connectivity index (χ0n) is 11.2. The van der Waals surface area contributed by atoms with Crippen molar-refractivity contribution in [3.8, 4) is 0 Å². The largest absolute Gasteiger partial charge is 0.481 e. The second-order valence-electron chi connectivity index (χ2n) is 4.69.